The molecule has 1 saturated heterocycles. The molecule has 3 saturated carbocycles. The molecule has 1 heterocycles. The van der Waals surface area contributed by atoms with Crippen molar-refractivity contribution in [3.8, 4) is 0 Å². The monoisotopic (exact) mass is 1300 g/mol. The number of aliphatic hydroxyl groups is 1. The zero-order valence-electron chi connectivity index (χ0n) is 63.0. The van der Waals surface area contributed by atoms with E-state index in [2.05, 4.69) is 103 Å². The second-order valence-corrected chi connectivity index (χ2v) is 32.5. The molecule has 0 aromatic heterocycles. The van der Waals surface area contributed by atoms with Crippen LogP contribution in [0.1, 0.15) is 384 Å². The second-order valence-electron chi connectivity index (χ2n) is 32.5. The van der Waals surface area contributed by atoms with Gasteiger partial charge in [-0.1, -0.05) is 265 Å². The maximum absolute atomic E-state index is 15.0. The highest BCUT2D eigenvalue weighted by Gasteiger charge is 2.57. The van der Waals surface area contributed by atoms with Crippen LogP contribution in [0.25, 0.3) is 0 Å². The van der Waals surface area contributed by atoms with E-state index in [1.54, 1.807) is 5.57 Å². The number of ether oxygens (including phenoxy) is 2. The largest absolute Gasteiger partial charge is 0.462 e. The number of carbonyl (C=O) groups is 3. The molecule has 1 aliphatic heterocycles. The number of aliphatic hydroxyl groups excluding tert-OH is 1. The van der Waals surface area contributed by atoms with Gasteiger partial charge in [0.1, 0.15) is 12.2 Å². The van der Waals surface area contributed by atoms with Gasteiger partial charge in [0.05, 0.1) is 6.10 Å². The number of amides is 1. The van der Waals surface area contributed by atoms with Gasteiger partial charge in [-0.25, -0.2) is 0 Å². The fourth-order valence-electron chi connectivity index (χ4n) is 18.2. The summed E-state index contributed by atoms with van der Waals surface area (Å²) in [6.45, 7) is 27.4. The summed E-state index contributed by atoms with van der Waals surface area (Å²) in [4.78, 5) is 47.6. The topological polar surface area (TPSA) is 96.4 Å². The predicted octanol–water partition coefficient (Wildman–Crippen LogP) is 23.7. The van der Waals surface area contributed by atoms with Gasteiger partial charge >= 0.3 is 11.9 Å². The van der Waals surface area contributed by atoms with Crippen LogP contribution in [0, 0.1) is 52.3 Å². The number of allylic oxidation sites excluding steroid dienone is 5. The minimum absolute atomic E-state index is 0.0153. The summed E-state index contributed by atoms with van der Waals surface area (Å²) in [5.74, 6) is 4.02. The summed E-state index contributed by atoms with van der Waals surface area (Å²) < 4.78 is 12.8. The molecule has 4 aliphatic carbocycles. The molecule has 12 atom stereocenters. The van der Waals surface area contributed by atoms with Crippen LogP contribution in [0.2, 0.25) is 0 Å². The quantitative estimate of drug-likeness (QED) is 0.0368. The van der Waals surface area contributed by atoms with E-state index in [9.17, 15) is 14.7 Å². The van der Waals surface area contributed by atoms with Gasteiger partial charge in [-0.3, -0.25) is 14.4 Å². The van der Waals surface area contributed by atoms with Gasteiger partial charge in [-0.05, 0) is 194 Å². The number of fused-ring (bicyclic) bond motifs is 5. The molecule has 0 aromatic rings. The van der Waals surface area contributed by atoms with E-state index in [1.165, 1.54) is 205 Å². The lowest BCUT2D eigenvalue weighted by molar-refractivity contribution is -0.151. The van der Waals surface area contributed by atoms with Gasteiger partial charge in [0, 0.05) is 44.8 Å². The number of nitrogens with zero attached hydrogens (tertiary/aromatic N) is 2. The van der Waals surface area contributed by atoms with Crippen LogP contribution in [0.3, 0.4) is 0 Å². The van der Waals surface area contributed by atoms with Crippen molar-refractivity contribution in [3.63, 3.8) is 0 Å². The molecular weight excluding hydrogens is 1140 g/mol. The van der Waals surface area contributed by atoms with Gasteiger partial charge in [0.15, 0.2) is 0 Å². The first-order valence-corrected chi connectivity index (χ1v) is 41.3. The average molecular weight is 1300 g/mol. The van der Waals surface area contributed by atoms with E-state index in [-0.39, 0.29) is 54.0 Å². The number of hydrogen-bond donors (Lipinski definition) is 1. The Labute approximate surface area is 575 Å². The van der Waals surface area contributed by atoms with Crippen molar-refractivity contribution < 1.29 is 29.0 Å². The van der Waals surface area contributed by atoms with Crippen LogP contribution >= 0.6 is 0 Å². The highest BCUT2D eigenvalue weighted by atomic mass is 16.5. The van der Waals surface area contributed by atoms with Crippen LogP contribution in [-0.4, -0.2) is 83.3 Å². The van der Waals surface area contributed by atoms with E-state index < -0.39 is 0 Å². The Balaban J connectivity index is 1.24. The third-order valence-electron chi connectivity index (χ3n) is 24.9. The molecule has 1 N–H and O–H groups in total. The van der Waals surface area contributed by atoms with Crippen molar-refractivity contribution >= 4 is 17.8 Å². The molecule has 0 bridgehead atoms. The van der Waals surface area contributed by atoms with Crippen molar-refractivity contribution in [1.82, 2.24) is 9.80 Å². The van der Waals surface area contributed by atoms with Crippen LogP contribution in [-0.2, 0) is 23.9 Å². The third kappa shape index (κ3) is 29.1. The number of esters is 2. The van der Waals surface area contributed by atoms with Gasteiger partial charge in [-0.15, -0.1) is 0 Å². The van der Waals surface area contributed by atoms with Gasteiger partial charge < -0.3 is 24.4 Å². The van der Waals surface area contributed by atoms with Crippen molar-refractivity contribution in [2.24, 2.45) is 52.3 Å². The first kappa shape index (κ1) is 81.2. The van der Waals surface area contributed by atoms with E-state index in [0.717, 1.165) is 109 Å². The van der Waals surface area contributed by atoms with Crippen LogP contribution in [0.4, 0.5) is 0 Å². The Hall–Kier alpha value is -2.45. The lowest BCUT2D eigenvalue weighted by Crippen LogP contribution is -2.46. The minimum Gasteiger partial charge on any atom is -0.462 e. The molecule has 5 aliphatic rings. The van der Waals surface area contributed by atoms with Crippen LogP contribution in [0.15, 0.2) is 35.5 Å². The van der Waals surface area contributed by atoms with E-state index in [1.807, 2.05) is 0 Å². The normalized spacial score (nSPS) is 24.3. The van der Waals surface area contributed by atoms with Crippen LogP contribution < -0.4 is 0 Å². The Bertz CT molecular complexity index is 2090. The Morgan fingerprint density at radius 3 is 1.71 bits per heavy atom. The molecule has 0 aromatic carbocycles. The lowest BCUT2D eigenvalue weighted by atomic mass is 9.50. The molecule has 5 rings (SSSR count). The molecule has 4 fully saturated rings. The summed E-state index contributed by atoms with van der Waals surface area (Å²) in [7, 11) is 0. The maximum atomic E-state index is 15.0. The van der Waals surface area contributed by atoms with Crippen LogP contribution in [0.5, 0.6) is 0 Å². The third-order valence-corrected chi connectivity index (χ3v) is 24.9. The highest BCUT2D eigenvalue weighted by Crippen LogP contribution is 2.66. The molecule has 8 heteroatoms. The fourth-order valence-corrected chi connectivity index (χ4v) is 18.2. The van der Waals surface area contributed by atoms with Gasteiger partial charge in [-0.2, -0.15) is 0 Å². The summed E-state index contributed by atoms with van der Waals surface area (Å²) in [6, 6.07) is -0.0477. The smallest absolute Gasteiger partial charge is 0.306 e. The Morgan fingerprint density at radius 2 is 1.12 bits per heavy atom. The molecule has 8 nitrogen and oxygen atoms in total. The van der Waals surface area contributed by atoms with Crippen molar-refractivity contribution in [2.75, 3.05) is 26.2 Å². The zero-order chi connectivity index (χ0) is 67.1. The van der Waals surface area contributed by atoms with Gasteiger partial charge in [0.25, 0.3) is 0 Å². The number of rotatable bonds is 53. The number of carbonyl (C=O) groups excluding carboxylic acids is 3. The molecular formula is C85H152N2O6. The highest BCUT2D eigenvalue weighted by molar-refractivity contribution is 5.77. The predicted molar refractivity (Wildman–Crippen MR) is 395 cm³/mol. The second kappa shape index (κ2) is 46.8. The van der Waals surface area contributed by atoms with Gasteiger partial charge in [0.2, 0.25) is 5.91 Å². The molecule has 0 spiro atoms. The molecule has 93 heavy (non-hydrogen) atoms. The fraction of sp³-hybridized carbons (Fsp3) is 0.894. The van der Waals surface area contributed by atoms with Crippen molar-refractivity contribution in [3.05, 3.63) is 35.5 Å². The summed E-state index contributed by atoms with van der Waals surface area (Å²) in [6.07, 6.45) is 63.5. The first-order chi connectivity index (χ1) is 45.1. The van der Waals surface area contributed by atoms with Crippen molar-refractivity contribution in [1.29, 1.82) is 0 Å². The molecule has 1 amide bonds. The number of piperidine rings is 1. The van der Waals surface area contributed by atoms with E-state index >= 15 is 4.79 Å². The standard InChI is InChI=1S/C85H152N2O6/c1-11-15-19-23-25-27-29-31-35-44-71(43-34-21-17-13-3)80(88)49-40-45-73(46-41-51-82(90)92-74(47-36-22-18-14-4)48-37-32-30-28-26-24-20-16-12-2)87(66-65-86-63-38-33-39-64-86)81(89)50-42-52-83(91)93-75-59-61-84(9)72(67-75)55-56-76-78-58-57-77(85(78,10)62-60-79(76)84)70(8)54-53-69(7)68(5)6/h53-56,68-71,73-75,77-80,88H,11-52,57-67H2,1-10H3/b54-53+. The van der Waals surface area contributed by atoms with E-state index in [0.29, 0.717) is 73.2 Å². The summed E-state index contributed by atoms with van der Waals surface area (Å²) in [5, 5.41) is 12.1. The SMILES string of the molecule is CCCCCCCCCCCC(CCCCCC)OC(=O)CCCC(CCCC(O)C(CCCCCC)CCCCCCCCCCC)N(CCN1CCCCC1)C(=O)CCCC(=O)OC1CCC2(C)C(=CC=C3C2CCC2(C)C3CCC2C(C)/C=C/C(C)C(C)C)C1. The minimum atomic E-state index is -0.343. The zero-order valence-corrected chi connectivity index (χ0v) is 63.0. The Morgan fingerprint density at radius 1 is 0.570 bits per heavy atom. The average Bonchev–Trinajstić information content (AvgIpc) is 1.70. The maximum Gasteiger partial charge on any atom is 0.306 e. The number of likely N-dealkylation sites (tertiary alicyclic amines) is 1. The number of unbranched alkanes of at least 4 members (excludes halogenated alkanes) is 22. The summed E-state index contributed by atoms with van der Waals surface area (Å²) >= 11 is 0. The molecule has 0 radical (unpaired) electrons. The van der Waals surface area contributed by atoms with Crippen molar-refractivity contribution in [2.45, 2.75) is 408 Å². The van der Waals surface area contributed by atoms with E-state index in [4.69, 9.17) is 9.47 Å². The molecule has 12 unspecified atom stereocenters. The molecule has 538 valence electrons. The lowest BCUT2D eigenvalue weighted by Gasteiger charge is -2.55. The number of hydrogen-bond acceptors (Lipinski definition) is 7. The first-order valence-electron chi connectivity index (χ1n) is 41.3. The Kier molecular flexibility index (Phi) is 40.8. The summed E-state index contributed by atoms with van der Waals surface area (Å²) in [5.41, 5.74) is 3.66.